The van der Waals surface area contributed by atoms with E-state index in [0.29, 0.717) is 13.0 Å². The lowest BCUT2D eigenvalue weighted by Crippen LogP contribution is -2.41. The maximum atomic E-state index is 11.3. The molecule has 0 bridgehead atoms. The molecule has 0 aromatic carbocycles. The molecule has 2 N–H and O–H groups in total. The fourth-order valence-electron chi connectivity index (χ4n) is 0.926. The van der Waals surface area contributed by atoms with Crippen molar-refractivity contribution >= 4 is 12.0 Å². The van der Waals surface area contributed by atoms with Gasteiger partial charge in [-0.15, -0.1) is 0 Å². The minimum atomic E-state index is -0.831. The van der Waals surface area contributed by atoms with Gasteiger partial charge in [-0.05, 0) is 20.3 Å². The number of carbonyl (C=O) groups is 2. The minimum Gasteiger partial charge on any atom is -0.481 e. The van der Waals surface area contributed by atoms with Gasteiger partial charge in [0.05, 0.1) is 0 Å². The molecule has 0 unspecified atom stereocenters. The van der Waals surface area contributed by atoms with Crippen molar-refractivity contribution in [3.8, 4) is 0 Å². The Bertz CT molecular complexity index is 204. The highest BCUT2D eigenvalue weighted by atomic mass is 16.4. The first-order chi connectivity index (χ1) is 6.43. The number of hydrogen-bond donors (Lipinski definition) is 2. The van der Waals surface area contributed by atoms with E-state index < -0.39 is 5.97 Å². The third-order valence-electron chi connectivity index (χ3n) is 1.64. The van der Waals surface area contributed by atoms with Crippen molar-refractivity contribution in [2.24, 2.45) is 0 Å². The summed E-state index contributed by atoms with van der Waals surface area (Å²) in [5.74, 6) is -0.831. The van der Waals surface area contributed by atoms with Crippen LogP contribution in [0.25, 0.3) is 0 Å². The lowest BCUT2D eigenvalue weighted by atomic mass is 10.3. The number of carboxylic acids is 1. The van der Waals surface area contributed by atoms with Crippen LogP contribution < -0.4 is 5.32 Å². The summed E-state index contributed by atoms with van der Waals surface area (Å²) in [4.78, 5) is 23.0. The molecule has 0 aliphatic carbocycles. The van der Waals surface area contributed by atoms with E-state index in [-0.39, 0.29) is 18.5 Å². The van der Waals surface area contributed by atoms with Crippen molar-refractivity contribution in [3.63, 3.8) is 0 Å². The second-order valence-corrected chi connectivity index (χ2v) is 3.52. The van der Waals surface area contributed by atoms with E-state index in [0.717, 1.165) is 0 Å². The normalized spacial score (nSPS) is 10.0. The molecule has 82 valence electrons. The largest absolute Gasteiger partial charge is 0.481 e. The van der Waals surface area contributed by atoms with E-state index in [2.05, 4.69) is 5.32 Å². The quantitative estimate of drug-likeness (QED) is 0.696. The van der Waals surface area contributed by atoms with Gasteiger partial charge in [0, 0.05) is 26.1 Å². The van der Waals surface area contributed by atoms with Gasteiger partial charge in [-0.25, -0.2) is 4.79 Å². The highest BCUT2D eigenvalue weighted by Crippen LogP contribution is 1.94. The van der Waals surface area contributed by atoms with Gasteiger partial charge in [0.1, 0.15) is 0 Å². The van der Waals surface area contributed by atoms with E-state index >= 15 is 0 Å². The molecule has 0 aliphatic rings. The van der Waals surface area contributed by atoms with Crippen LogP contribution in [0.3, 0.4) is 0 Å². The van der Waals surface area contributed by atoms with E-state index in [4.69, 9.17) is 5.11 Å². The highest BCUT2D eigenvalue weighted by Gasteiger charge is 2.09. The summed E-state index contributed by atoms with van der Waals surface area (Å²) in [7, 11) is 1.65. The summed E-state index contributed by atoms with van der Waals surface area (Å²) in [5, 5.41) is 11.1. The molecule has 0 spiro atoms. The molecular formula is C9H18N2O3. The van der Waals surface area contributed by atoms with Crippen molar-refractivity contribution in [2.45, 2.75) is 32.7 Å². The number of urea groups is 1. The third-order valence-corrected chi connectivity index (χ3v) is 1.64. The number of aliphatic carboxylic acids is 1. The molecule has 0 fully saturated rings. The van der Waals surface area contributed by atoms with Crippen LogP contribution in [0.15, 0.2) is 0 Å². The number of amides is 2. The minimum absolute atomic E-state index is 0.0965. The molecular weight excluding hydrogens is 184 g/mol. The van der Waals surface area contributed by atoms with Gasteiger partial charge in [-0.1, -0.05) is 0 Å². The summed E-state index contributed by atoms with van der Waals surface area (Å²) in [6.07, 6.45) is 0.580. The molecule has 2 amide bonds. The Kier molecular flexibility index (Phi) is 5.67. The number of nitrogens with zero attached hydrogens (tertiary/aromatic N) is 1. The first-order valence-electron chi connectivity index (χ1n) is 4.67. The molecule has 0 aromatic heterocycles. The number of carboxylic acid groups (broad SMARTS) is 1. The molecule has 0 radical (unpaired) electrons. The second kappa shape index (κ2) is 6.23. The van der Waals surface area contributed by atoms with Gasteiger partial charge < -0.3 is 15.3 Å². The molecule has 0 rings (SSSR count). The van der Waals surface area contributed by atoms with Crippen LogP contribution in [0, 0.1) is 0 Å². The Morgan fingerprint density at radius 1 is 1.43 bits per heavy atom. The highest BCUT2D eigenvalue weighted by molar-refractivity contribution is 5.74. The van der Waals surface area contributed by atoms with E-state index in [1.165, 1.54) is 4.90 Å². The number of hydrogen-bond acceptors (Lipinski definition) is 2. The van der Waals surface area contributed by atoms with Crippen LogP contribution in [0.5, 0.6) is 0 Å². The smallest absolute Gasteiger partial charge is 0.317 e. The van der Waals surface area contributed by atoms with Gasteiger partial charge in [0.25, 0.3) is 0 Å². The van der Waals surface area contributed by atoms with E-state index in [1.54, 1.807) is 7.05 Å². The van der Waals surface area contributed by atoms with Crippen LogP contribution in [0.2, 0.25) is 0 Å². The predicted octanol–water partition coefficient (Wildman–Crippen LogP) is 0.901. The van der Waals surface area contributed by atoms with Crippen molar-refractivity contribution < 1.29 is 14.7 Å². The monoisotopic (exact) mass is 202 g/mol. The third kappa shape index (κ3) is 6.28. The molecule has 0 aromatic rings. The summed E-state index contributed by atoms with van der Waals surface area (Å²) >= 11 is 0. The zero-order valence-electron chi connectivity index (χ0n) is 8.91. The molecule has 0 aliphatic heterocycles. The fraction of sp³-hybridized carbons (Fsp3) is 0.778. The Hall–Kier alpha value is -1.26. The lowest BCUT2D eigenvalue weighted by molar-refractivity contribution is -0.137. The Morgan fingerprint density at radius 3 is 2.43 bits per heavy atom. The number of carbonyl (C=O) groups excluding carboxylic acids is 1. The van der Waals surface area contributed by atoms with E-state index in [1.807, 2.05) is 13.8 Å². The lowest BCUT2D eigenvalue weighted by Gasteiger charge is -2.19. The van der Waals surface area contributed by atoms with Crippen LogP contribution in [-0.2, 0) is 4.79 Å². The average Bonchev–Trinajstić information content (AvgIpc) is 2.01. The topological polar surface area (TPSA) is 69.6 Å². The molecule has 5 heteroatoms. The summed E-state index contributed by atoms with van der Waals surface area (Å²) in [6, 6.07) is -0.0604. The van der Waals surface area contributed by atoms with Crippen molar-refractivity contribution in [1.29, 1.82) is 0 Å². The summed E-state index contributed by atoms with van der Waals surface area (Å²) in [5.41, 5.74) is 0. The SMILES string of the molecule is CC(C)NC(=O)N(C)CCCC(=O)O. The van der Waals surface area contributed by atoms with Gasteiger partial charge in [0.2, 0.25) is 0 Å². The van der Waals surface area contributed by atoms with Crippen LogP contribution in [-0.4, -0.2) is 41.6 Å². The number of nitrogens with one attached hydrogen (secondary N) is 1. The maximum Gasteiger partial charge on any atom is 0.317 e. The van der Waals surface area contributed by atoms with Crippen molar-refractivity contribution in [3.05, 3.63) is 0 Å². The summed E-state index contributed by atoms with van der Waals surface area (Å²) in [6.45, 7) is 4.22. The van der Waals surface area contributed by atoms with Crippen molar-refractivity contribution in [2.75, 3.05) is 13.6 Å². The van der Waals surface area contributed by atoms with Crippen LogP contribution in [0.1, 0.15) is 26.7 Å². The average molecular weight is 202 g/mol. The first-order valence-corrected chi connectivity index (χ1v) is 4.67. The molecule has 14 heavy (non-hydrogen) atoms. The Labute approximate surface area is 84.1 Å². The molecule has 0 heterocycles. The molecule has 0 atom stereocenters. The predicted molar refractivity (Wildman–Crippen MR) is 53.2 cm³/mol. The maximum absolute atomic E-state index is 11.3. The molecule has 0 saturated heterocycles. The van der Waals surface area contributed by atoms with Gasteiger partial charge in [-0.3, -0.25) is 4.79 Å². The van der Waals surface area contributed by atoms with Gasteiger partial charge >= 0.3 is 12.0 Å². The zero-order valence-corrected chi connectivity index (χ0v) is 8.91. The second-order valence-electron chi connectivity index (χ2n) is 3.52. The van der Waals surface area contributed by atoms with E-state index in [9.17, 15) is 9.59 Å². The molecule has 5 nitrogen and oxygen atoms in total. The fourth-order valence-corrected chi connectivity index (χ4v) is 0.926. The Morgan fingerprint density at radius 2 is 2.00 bits per heavy atom. The molecule has 0 saturated carbocycles. The van der Waals surface area contributed by atoms with Crippen LogP contribution in [0.4, 0.5) is 4.79 Å². The number of rotatable bonds is 5. The standard InChI is InChI=1S/C9H18N2O3/c1-7(2)10-9(14)11(3)6-4-5-8(12)13/h7H,4-6H2,1-3H3,(H,10,14)(H,12,13). The van der Waals surface area contributed by atoms with Gasteiger partial charge in [-0.2, -0.15) is 0 Å². The first kappa shape index (κ1) is 12.7. The Balaban J connectivity index is 3.67. The zero-order chi connectivity index (χ0) is 11.1. The van der Waals surface area contributed by atoms with Crippen molar-refractivity contribution in [1.82, 2.24) is 10.2 Å². The van der Waals surface area contributed by atoms with Crippen LogP contribution >= 0.6 is 0 Å². The van der Waals surface area contributed by atoms with Gasteiger partial charge in [0.15, 0.2) is 0 Å². The summed E-state index contributed by atoms with van der Waals surface area (Å²) < 4.78 is 0.